The second-order valence-corrected chi connectivity index (χ2v) is 8.99. The van der Waals surface area contributed by atoms with Crippen LogP contribution in [0.3, 0.4) is 0 Å². The first kappa shape index (κ1) is 21.9. The Morgan fingerprint density at radius 3 is 2.26 bits per heavy atom. The lowest BCUT2D eigenvalue weighted by atomic mass is 9.97. The van der Waals surface area contributed by atoms with Crippen LogP contribution >= 0.6 is 0 Å². The van der Waals surface area contributed by atoms with Gasteiger partial charge in [0.1, 0.15) is 5.70 Å². The average molecular weight is 453 g/mol. The van der Waals surface area contributed by atoms with Crippen molar-refractivity contribution in [2.75, 3.05) is 23.3 Å². The van der Waals surface area contributed by atoms with Crippen molar-refractivity contribution in [1.82, 2.24) is 9.88 Å². The summed E-state index contributed by atoms with van der Waals surface area (Å²) in [7, 11) is 0. The maximum absolute atomic E-state index is 13.6. The number of aryl methyl sites for hydroxylation is 2. The maximum atomic E-state index is 13.6. The van der Waals surface area contributed by atoms with Crippen molar-refractivity contribution >= 4 is 28.8 Å². The van der Waals surface area contributed by atoms with Gasteiger partial charge in [0.15, 0.2) is 0 Å². The van der Waals surface area contributed by atoms with Gasteiger partial charge in [-0.1, -0.05) is 23.8 Å². The van der Waals surface area contributed by atoms with Gasteiger partial charge in [0.05, 0.1) is 12.1 Å². The van der Waals surface area contributed by atoms with E-state index in [9.17, 15) is 9.59 Å². The van der Waals surface area contributed by atoms with Crippen LogP contribution in [0.2, 0.25) is 0 Å². The predicted octanol–water partition coefficient (Wildman–Crippen LogP) is 4.69. The molecule has 0 radical (unpaired) electrons. The van der Waals surface area contributed by atoms with Gasteiger partial charge >= 0.3 is 0 Å². The topological polar surface area (TPSA) is 65.5 Å². The molecule has 1 fully saturated rings. The highest BCUT2D eigenvalue weighted by Gasteiger charge is 2.39. The first-order valence-corrected chi connectivity index (χ1v) is 11.7. The normalized spacial score (nSPS) is 16.1. The monoisotopic (exact) mass is 452 g/mol. The van der Waals surface area contributed by atoms with E-state index in [1.54, 1.807) is 12.4 Å². The Balaban J connectivity index is 1.50. The summed E-state index contributed by atoms with van der Waals surface area (Å²) < 4.78 is 0. The number of nitrogens with zero attached hydrogens (tertiary/aromatic N) is 3. The van der Waals surface area contributed by atoms with Gasteiger partial charge in [-0.05, 0) is 79.8 Å². The number of rotatable bonds is 6. The fraction of sp³-hybridized carbons (Fsp3) is 0.250. The third-order valence-corrected chi connectivity index (χ3v) is 6.52. The second kappa shape index (κ2) is 9.14. The fourth-order valence-electron chi connectivity index (χ4n) is 4.73. The molecule has 5 rings (SSSR count). The number of carbonyl (C=O) groups is 2. The molecule has 6 heteroatoms. The number of hydrogen-bond acceptors (Lipinski definition) is 5. The van der Waals surface area contributed by atoms with Crippen LogP contribution in [0.4, 0.5) is 11.4 Å². The largest absolute Gasteiger partial charge is 0.372 e. The minimum Gasteiger partial charge on any atom is -0.372 e. The van der Waals surface area contributed by atoms with Crippen LogP contribution in [0.25, 0.3) is 5.57 Å². The zero-order chi connectivity index (χ0) is 23.7. The zero-order valence-corrected chi connectivity index (χ0v) is 19.5. The summed E-state index contributed by atoms with van der Waals surface area (Å²) in [5.41, 5.74) is 6.40. The first-order chi connectivity index (χ1) is 16.5. The van der Waals surface area contributed by atoms with Crippen molar-refractivity contribution in [3.8, 4) is 0 Å². The number of aromatic nitrogens is 1. The van der Waals surface area contributed by atoms with E-state index in [0.717, 1.165) is 41.0 Å². The Hall–Kier alpha value is -3.93. The highest BCUT2D eigenvalue weighted by atomic mass is 16.2. The van der Waals surface area contributed by atoms with E-state index in [-0.39, 0.29) is 18.4 Å². The lowest BCUT2D eigenvalue weighted by molar-refractivity contribution is -0.137. The van der Waals surface area contributed by atoms with Gasteiger partial charge in [-0.25, -0.2) is 0 Å². The Labute approximate surface area is 199 Å². The summed E-state index contributed by atoms with van der Waals surface area (Å²) >= 11 is 0. The lowest BCUT2D eigenvalue weighted by Gasteiger charge is -2.18. The second-order valence-electron chi connectivity index (χ2n) is 8.99. The van der Waals surface area contributed by atoms with Crippen molar-refractivity contribution in [1.29, 1.82) is 0 Å². The minimum absolute atomic E-state index is 0.202. The van der Waals surface area contributed by atoms with Crippen LogP contribution < -0.4 is 10.2 Å². The Morgan fingerprint density at radius 1 is 0.882 bits per heavy atom. The molecule has 0 unspecified atom stereocenters. The first-order valence-electron chi connectivity index (χ1n) is 11.7. The molecule has 2 aromatic carbocycles. The molecule has 2 amide bonds. The van der Waals surface area contributed by atoms with Gasteiger partial charge in [0.25, 0.3) is 11.8 Å². The standard InChI is InChI=1S/C28H28N4O2/c1-19-5-10-24(20(2)17-19)25-26(28(34)32(27(25)33)18-21-11-13-29-14-12-21)30-22-6-8-23(9-7-22)31-15-3-4-16-31/h5-14,17,30H,3-4,15-16,18H2,1-2H3. The number of imide groups is 1. The molecule has 2 aliphatic rings. The van der Waals surface area contributed by atoms with E-state index < -0.39 is 0 Å². The van der Waals surface area contributed by atoms with Gasteiger partial charge in [-0.2, -0.15) is 0 Å². The smallest absolute Gasteiger partial charge is 0.278 e. The SMILES string of the molecule is Cc1ccc(C2=C(Nc3ccc(N4CCCC4)cc3)C(=O)N(Cc3ccncc3)C2=O)c(C)c1. The molecule has 6 nitrogen and oxygen atoms in total. The molecule has 172 valence electrons. The number of benzene rings is 2. The van der Waals surface area contributed by atoms with E-state index in [2.05, 4.69) is 27.3 Å². The molecule has 0 bridgehead atoms. The minimum atomic E-state index is -0.319. The quantitative estimate of drug-likeness (QED) is 0.550. The highest BCUT2D eigenvalue weighted by Crippen LogP contribution is 2.34. The van der Waals surface area contributed by atoms with Crippen molar-refractivity contribution < 1.29 is 9.59 Å². The average Bonchev–Trinajstić information content (AvgIpc) is 3.45. The van der Waals surface area contributed by atoms with Crippen LogP contribution in [0, 0.1) is 13.8 Å². The number of amides is 2. The molecule has 3 heterocycles. The number of nitrogens with one attached hydrogen (secondary N) is 1. The molecule has 3 aromatic rings. The molecular weight excluding hydrogens is 424 g/mol. The molecule has 1 aromatic heterocycles. The summed E-state index contributed by atoms with van der Waals surface area (Å²) in [6, 6.07) is 17.7. The fourth-order valence-corrected chi connectivity index (χ4v) is 4.73. The van der Waals surface area contributed by atoms with Crippen LogP contribution in [-0.2, 0) is 16.1 Å². The Morgan fingerprint density at radius 2 is 1.59 bits per heavy atom. The molecule has 1 saturated heterocycles. The summed E-state index contributed by atoms with van der Waals surface area (Å²) in [4.78, 5) is 34.8. The summed E-state index contributed by atoms with van der Waals surface area (Å²) in [6.07, 6.45) is 5.77. The third-order valence-electron chi connectivity index (χ3n) is 6.52. The number of anilines is 2. The van der Waals surface area contributed by atoms with Gasteiger partial charge in [-0.15, -0.1) is 0 Å². The molecule has 0 aliphatic carbocycles. The molecule has 34 heavy (non-hydrogen) atoms. The number of pyridine rings is 1. The van der Waals surface area contributed by atoms with Crippen LogP contribution in [0.15, 0.2) is 72.7 Å². The number of hydrogen-bond donors (Lipinski definition) is 1. The van der Waals surface area contributed by atoms with Crippen molar-refractivity contribution in [3.05, 3.63) is 94.9 Å². The summed E-state index contributed by atoms with van der Waals surface area (Å²) in [5.74, 6) is -0.606. The van der Waals surface area contributed by atoms with Crippen molar-refractivity contribution in [2.45, 2.75) is 33.2 Å². The molecule has 0 saturated carbocycles. The molecule has 1 N–H and O–H groups in total. The molecular formula is C28H28N4O2. The van der Waals surface area contributed by atoms with E-state index in [1.165, 1.54) is 23.4 Å². The van der Waals surface area contributed by atoms with E-state index in [1.807, 2.05) is 56.3 Å². The van der Waals surface area contributed by atoms with E-state index in [4.69, 9.17) is 0 Å². The summed E-state index contributed by atoms with van der Waals surface area (Å²) in [6.45, 7) is 6.34. The Bertz CT molecular complexity index is 1260. The van der Waals surface area contributed by atoms with Gasteiger partial charge in [-0.3, -0.25) is 19.5 Å². The number of carbonyl (C=O) groups excluding carboxylic acids is 2. The zero-order valence-electron chi connectivity index (χ0n) is 19.5. The van der Waals surface area contributed by atoms with Crippen molar-refractivity contribution in [2.24, 2.45) is 0 Å². The maximum Gasteiger partial charge on any atom is 0.278 e. The van der Waals surface area contributed by atoms with Gasteiger partial charge in [0, 0.05) is 36.9 Å². The molecule has 0 atom stereocenters. The van der Waals surface area contributed by atoms with Crippen molar-refractivity contribution in [3.63, 3.8) is 0 Å². The van der Waals surface area contributed by atoms with E-state index >= 15 is 0 Å². The third kappa shape index (κ3) is 4.19. The van der Waals surface area contributed by atoms with Gasteiger partial charge in [0.2, 0.25) is 0 Å². The molecule has 2 aliphatic heterocycles. The van der Waals surface area contributed by atoms with Crippen LogP contribution in [0.1, 0.15) is 35.1 Å². The molecule has 0 spiro atoms. The van der Waals surface area contributed by atoms with E-state index in [0.29, 0.717) is 11.3 Å². The van der Waals surface area contributed by atoms with Crippen LogP contribution in [-0.4, -0.2) is 34.8 Å². The summed E-state index contributed by atoms with van der Waals surface area (Å²) in [5, 5.41) is 3.28. The highest BCUT2D eigenvalue weighted by molar-refractivity contribution is 6.36. The lowest BCUT2D eigenvalue weighted by Crippen LogP contribution is -2.32. The van der Waals surface area contributed by atoms with Gasteiger partial charge < -0.3 is 10.2 Å². The predicted molar refractivity (Wildman–Crippen MR) is 134 cm³/mol. The Kier molecular flexibility index (Phi) is 5.88. The van der Waals surface area contributed by atoms with Crippen LogP contribution in [0.5, 0.6) is 0 Å².